The fourth-order valence-electron chi connectivity index (χ4n) is 2.62. The zero-order chi connectivity index (χ0) is 15.7. The lowest BCUT2D eigenvalue weighted by Crippen LogP contribution is -2.25. The lowest BCUT2D eigenvalue weighted by molar-refractivity contribution is -0.132. The molecule has 0 saturated heterocycles. The Morgan fingerprint density at radius 1 is 1.23 bits per heavy atom. The van der Waals surface area contributed by atoms with Crippen LogP contribution in [-0.2, 0) is 4.79 Å². The number of aliphatic hydroxyl groups excluding tert-OH is 1. The molecule has 3 rings (SSSR count). The summed E-state index contributed by atoms with van der Waals surface area (Å²) in [4.78, 5) is 12.9. The van der Waals surface area contributed by atoms with Gasteiger partial charge in [0.2, 0.25) is 0 Å². The van der Waals surface area contributed by atoms with Crippen molar-refractivity contribution in [2.75, 3.05) is 6.61 Å². The number of aliphatic hydroxyl groups is 1. The molecule has 2 N–H and O–H groups in total. The lowest BCUT2D eigenvalue weighted by atomic mass is 9.95. The Labute approximate surface area is 132 Å². The summed E-state index contributed by atoms with van der Waals surface area (Å²) in [6, 6.07) is 7.39. The number of rotatable bonds is 3. The number of allylic oxidation sites excluding steroid dienone is 3. The van der Waals surface area contributed by atoms with E-state index in [-0.39, 0.29) is 12.2 Å². The zero-order valence-electron chi connectivity index (χ0n) is 11.7. The fraction of sp³-hybridized carbons (Fsp3) is 0.118. The van der Waals surface area contributed by atoms with Crippen molar-refractivity contribution in [3.63, 3.8) is 0 Å². The number of fused-ring (bicyclic) bond motifs is 1. The highest BCUT2D eigenvalue weighted by Gasteiger charge is 2.24. The van der Waals surface area contributed by atoms with Crippen LogP contribution in [0.15, 0.2) is 65.7 Å². The van der Waals surface area contributed by atoms with Crippen molar-refractivity contribution >= 4 is 23.1 Å². The van der Waals surface area contributed by atoms with Crippen molar-refractivity contribution < 1.29 is 15.0 Å². The monoisotopic (exact) mass is 315 g/mol. The molecule has 112 valence electrons. The molecule has 0 bridgehead atoms. The Kier molecular flexibility index (Phi) is 3.88. The van der Waals surface area contributed by atoms with E-state index >= 15 is 0 Å². The first kappa shape index (κ1) is 14.6. The number of carboxylic acid groups (broad SMARTS) is 1. The van der Waals surface area contributed by atoms with Crippen LogP contribution in [0.5, 0.6) is 0 Å². The van der Waals surface area contributed by atoms with Crippen molar-refractivity contribution in [3.8, 4) is 0 Å². The average Bonchev–Trinajstić information content (AvgIpc) is 2.54. The van der Waals surface area contributed by atoms with Crippen LogP contribution < -0.4 is 0 Å². The average molecular weight is 316 g/mol. The molecular formula is C17H14ClNO3. The van der Waals surface area contributed by atoms with Crippen molar-refractivity contribution in [2.45, 2.75) is 6.42 Å². The van der Waals surface area contributed by atoms with Crippen molar-refractivity contribution in [1.82, 2.24) is 4.90 Å². The summed E-state index contributed by atoms with van der Waals surface area (Å²) in [7, 11) is 0. The molecule has 5 heteroatoms. The van der Waals surface area contributed by atoms with Gasteiger partial charge >= 0.3 is 5.97 Å². The van der Waals surface area contributed by atoms with Gasteiger partial charge in [0.05, 0.1) is 17.9 Å². The van der Waals surface area contributed by atoms with Gasteiger partial charge in [-0.3, -0.25) is 0 Å². The second-order valence-corrected chi connectivity index (χ2v) is 5.45. The maximum Gasteiger partial charge on any atom is 0.337 e. The molecule has 2 aliphatic heterocycles. The molecule has 0 unspecified atom stereocenters. The molecule has 0 saturated carbocycles. The third-order valence-electron chi connectivity index (χ3n) is 3.72. The summed E-state index contributed by atoms with van der Waals surface area (Å²) in [5, 5.41) is 19.6. The summed E-state index contributed by atoms with van der Waals surface area (Å²) in [5.41, 5.74) is 3.65. The maximum absolute atomic E-state index is 11.2. The molecule has 0 fully saturated rings. The van der Waals surface area contributed by atoms with Gasteiger partial charge in [-0.1, -0.05) is 29.8 Å². The number of hydrogen-bond acceptors (Lipinski definition) is 3. The normalized spacial score (nSPS) is 17.1. The van der Waals surface area contributed by atoms with E-state index in [0.717, 1.165) is 16.8 Å². The van der Waals surface area contributed by atoms with Gasteiger partial charge in [-0.15, -0.1) is 0 Å². The van der Waals surface area contributed by atoms with Crippen LogP contribution in [-0.4, -0.2) is 27.7 Å². The number of halogens is 1. The predicted molar refractivity (Wildman–Crippen MR) is 84.9 cm³/mol. The molecule has 0 spiro atoms. The Morgan fingerprint density at radius 2 is 1.95 bits per heavy atom. The Balaban J connectivity index is 2.06. The SMILES string of the molecule is O=C(O)C1=CN2C(=CCC(c3ccc(Cl)cc3)=C2CO)C=C1. The summed E-state index contributed by atoms with van der Waals surface area (Å²) >= 11 is 5.91. The van der Waals surface area contributed by atoms with Crippen LogP contribution in [0.25, 0.3) is 5.57 Å². The third kappa shape index (κ3) is 2.58. The quantitative estimate of drug-likeness (QED) is 0.899. The molecule has 0 aromatic heterocycles. The van der Waals surface area contributed by atoms with Gasteiger partial charge in [-0.2, -0.15) is 0 Å². The summed E-state index contributed by atoms with van der Waals surface area (Å²) < 4.78 is 0. The van der Waals surface area contributed by atoms with E-state index in [1.807, 2.05) is 18.2 Å². The largest absolute Gasteiger partial charge is 0.478 e. The van der Waals surface area contributed by atoms with Crippen LogP contribution in [0, 0.1) is 0 Å². The zero-order valence-corrected chi connectivity index (χ0v) is 12.4. The molecule has 0 radical (unpaired) electrons. The van der Waals surface area contributed by atoms with Gasteiger partial charge in [-0.05, 0) is 41.8 Å². The lowest BCUT2D eigenvalue weighted by Gasteiger charge is -2.32. The first-order valence-electron chi connectivity index (χ1n) is 6.81. The number of aliphatic carboxylic acids is 1. The second kappa shape index (κ2) is 5.83. The maximum atomic E-state index is 11.2. The van der Waals surface area contributed by atoms with E-state index in [9.17, 15) is 9.90 Å². The third-order valence-corrected chi connectivity index (χ3v) is 3.98. The van der Waals surface area contributed by atoms with Crippen molar-refractivity contribution in [3.05, 3.63) is 76.2 Å². The van der Waals surface area contributed by atoms with Crippen LogP contribution in [0.3, 0.4) is 0 Å². The Morgan fingerprint density at radius 3 is 2.59 bits per heavy atom. The molecule has 22 heavy (non-hydrogen) atoms. The van der Waals surface area contributed by atoms with Gasteiger partial charge in [0.15, 0.2) is 0 Å². The first-order valence-corrected chi connectivity index (χ1v) is 7.19. The van der Waals surface area contributed by atoms with Gasteiger partial charge in [0.1, 0.15) is 0 Å². The van der Waals surface area contributed by atoms with E-state index in [4.69, 9.17) is 16.7 Å². The number of benzene rings is 1. The van der Waals surface area contributed by atoms with Crippen LogP contribution in [0.2, 0.25) is 5.02 Å². The van der Waals surface area contributed by atoms with E-state index in [2.05, 4.69) is 0 Å². The Bertz CT molecular complexity index is 742. The summed E-state index contributed by atoms with van der Waals surface area (Å²) in [6.45, 7) is -0.174. The molecule has 0 aliphatic carbocycles. The van der Waals surface area contributed by atoms with Gasteiger partial charge in [0.25, 0.3) is 0 Å². The molecule has 2 heterocycles. The van der Waals surface area contributed by atoms with Crippen LogP contribution in [0.1, 0.15) is 12.0 Å². The predicted octanol–water partition coefficient (Wildman–Crippen LogP) is 3.17. The minimum atomic E-state index is -0.994. The van der Waals surface area contributed by atoms with Gasteiger partial charge < -0.3 is 15.1 Å². The molecular weight excluding hydrogens is 302 g/mol. The number of hydrogen-bond donors (Lipinski definition) is 2. The second-order valence-electron chi connectivity index (χ2n) is 5.02. The van der Waals surface area contributed by atoms with Crippen LogP contribution in [0.4, 0.5) is 0 Å². The molecule has 4 nitrogen and oxygen atoms in total. The van der Waals surface area contributed by atoms with E-state index in [1.54, 1.807) is 29.2 Å². The summed E-state index contributed by atoms with van der Waals surface area (Å²) in [5.74, 6) is -0.994. The highest BCUT2D eigenvalue weighted by atomic mass is 35.5. The minimum Gasteiger partial charge on any atom is -0.478 e. The van der Waals surface area contributed by atoms with E-state index < -0.39 is 5.97 Å². The number of carboxylic acids is 1. The highest BCUT2D eigenvalue weighted by molar-refractivity contribution is 6.30. The van der Waals surface area contributed by atoms with E-state index in [0.29, 0.717) is 17.1 Å². The fourth-order valence-corrected chi connectivity index (χ4v) is 2.74. The number of nitrogens with zero attached hydrogens (tertiary/aromatic N) is 1. The molecule has 2 aliphatic rings. The minimum absolute atomic E-state index is 0.174. The van der Waals surface area contributed by atoms with Crippen LogP contribution >= 0.6 is 11.6 Å². The Hall–Kier alpha value is -2.30. The van der Waals surface area contributed by atoms with Gasteiger partial charge in [-0.25, -0.2) is 4.79 Å². The molecule has 0 atom stereocenters. The van der Waals surface area contributed by atoms with Crippen molar-refractivity contribution in [2.24, 2.45) is 0 Å². The summed E-state index contributed by atoms with van der Waals surface area (Å²) in [6.07, 6.45) is 7.53. The number of carbonyl (C=O) groups is 1. The highest BCUT2D eigenvalue weighted by Crippen LogP contribution is 2.35. The topological polar surface area (TPSA) is 60.8 Å². The molecule has 0 amide bonds. The molecule has 1 aromatic carbocycles. The van der Waals surface area contributed by atoms with Gasteiger partial charge in [0, 0.05) is 16.9 Å². The standard InChI is InChI=1S/C17H14ClNO3/c18-13-4-1-11(2-5-13)15-8-7-14-6-3-12(17(21)22)9-19(14)16(15)10-20/h1-7,9,20H,8,10H2,(H,21,22). The van der Waals surface area contributed by atoms with E-state index in [1.165, 1.54) is 6.20 Å². The molecule has 1 aromatic rings. The smallest absolute Gasteiger partial charge is 0.337 e. The first-order chi connectivity index (χ1) is 10.6. The van der Waals surface area contributed by atoms with Crippen molar-refractivity contribution in [1.29, 1.82) is 0 Å².